The van der Waals surface area contributed by atoms with E-state index in [2.05, 4.69) is 5.32 Å². The zero-order chi connectivity index (χ0) is 19.6. The Hall–Kier alpha value is -3.07. The van der Waals surface area contributed by atoms with Crippen LogP contribution in [0.3, 0.4) is 0 Å². The number of hydrogen-bond acceptors (Lipinski definition) is 8. The Kier molecular flexibility index (Phi) is 5.31. The van der Waals surface area contributed by atoms with Gasteiger partial charge in [-0.1, -0.05) is 12.1 Å². The van der Waals surface area contributed by atoms with E-state index in [0.717, 1.165) is 11.3 Å². The van der Waals surface area contributed by atoms with Crippen LogP contribution in [0.5, 0.6) is 11.5 Å². The minimum Gasteiger partial charge on any atom is -0.485 e. The molecule has 142 valence electrons. The van der Waals surface area contributed by atoms with Gasteiger partial charge in [0.1, 0.15) is 16.5 Å². The topological polar surface area (TPSA) is 100 Å². The average Bonchev–Trinajstić information content (AvgIpc) is 3.02. The van der Waals surface area contributed by atoms with Crippen molar-refractivity contribution in [2.75, 3.05) is 26.1 Å². The van der Waals surface area contributed by atoms with Crippen LogP contribution in [0.4, 0.5) is 5.00 Å². The molecule has 1 aromatic carbocycles. The lowest BCUT2D eigenvalue weighted by molar-refractivity contribution is -0.125. The Morgan fingerprint density at radius 1 is 1.11 bits per heavy atom. The second kappa shape index (κ2) is 7.67. The fraction of sp³-hybridized carbons (Fsp3) is 0.278. The van der Waals surface area contributed by atoms with Crippen LogP contribution in [0.25, 0.3) is 0 Å². The van der Waals surface area contributed by atoms with Crippen LogP contribution in [-0.4, -0.2) is 44.8 Å². The van der Waals surface area contributed by atoms with Crippen LogP contribution in [0, 0.1) is 6.92 Å². The SMILES string of the molecule is COC(=O)c1sc(NC(=O)[C@@H]2COc3ccccc3O2)c(C(=O)OC)c1C. The van der Waals surface area contributed by atoms with Crippen LogP contribution in [0.15, 0.2) is 24.3 Å². The van der Waals surface area contributed by atoms with Crippen molar-refractivity contribution in [1.82, 2.24) is 0 Å². The quantitative estimate of drug-likeness (QED) is 0.799. The van der Waals surface area contributed by atoms with Crippen LogP contribution >= 0.6 is 11.3 Å². The van der Waals surface area contributed by atoms with Crippen molar-refractivity contribution < 1.29 is 33.3 Å². The average molecular weight is 391 g/mol. The lowest BCUT2D eigenvalue weighted by Crippen LogP contribution is -2.40. The van der Waals surface area contributed by atoms with Gasteiger partial charge in [-0.25, -0.2) is 9.59 Å². The third kappa shape index (κ3) is 3.59. The molecule has 0 aliphatic carbocycles. The third-order valence-corrected chi connectivity index (χ3v) is 5.13. The standard InChI is InChI=1S/C18H17NO7S/c1-9-13(17(21)23-2)16(27-14(9)18(22)24-3)19-15(20)12-8-25-10-6-4-5-7-11(10)26-12/h4-7,12H,8H2,1-3H3,(H,19,20)/t12-/m0/s1. The highest BCUT2D eigenvalue weighted by atomic mass is 32.1. The molecule has 1 N–H and O–H groups in total. The van der Waals surface area contributed by atoms with Gasteiger partial charge in [0.25, 0.3) is 5.91 Å². The molecule has 0 fully saturated rings. The lowest BCUT2D eigenvalue weighted by Gasteiger charge is -2.25. The van der Waals surface area contributed by atoms with Gasteiger partial charge in [0.15, 0.2) is 11.5 Å². The third-order valence-electron chi connectivity index (χ3n) is 3.94. The zero-order valence-electron chi connectivity index (χ0n) is 14.9. The molecule has 2 heterocycles. The Balaban J connectivity index is 1.85. The number of methoxy groups -OCH3 is 2. The summed E-state index contributed by atoms with van der Waals surface area (Å²) in [5, 5.41) is 2.82. The number of fused-ring (bicyclic) bond motifs is 1. The number of hydrogen-bond donors (Lipinski definition) is 1. The molecule has 8 nitrogen and oxygen atoms in total. The summed E-state index contributed by atoms with van der Waals surface area (Å²) >= 11 is 0.937. The minimum atomic E-state index is -0.908. The normalized spacial score (nSPS) is 15.0. The fourth-order valence-electron chi connectivity index (χ4n) is 2.58. The minimum absolute atomic E-state index is 0.0185. The van der Waals surface area contributed by atoms with Gasteiger partial charge in [-0.3, -0.25) is 4.79 Å². The van der Waals surface area contributed by atoms with Gasteiger partial charge in [-0.15, -0.1) is 11.3 Å². The molecule has 0 saturated carbocycles. The molecule has 0 spiro atoms. The molecule has 3 rings (SSSR count). The molecule has 1 atom stereocenters. The number of rotatable bonds is 4. The van der Waals surface area contributed by atoms with Crippen molar-refractivity contribution in [2.24, 2.45) is 0 Å². The first-order chi connectivity index (χ1) is 13.0. The van der Waals surface area contributed by atoms with Gasteiger partial charge in [0.05, 0.1) is 19.8 Å². The Morgan fingerprint density at radius 3 is 2.44 bits per heavy atom. The molecule has 0 saturated heterocycles. The molecule has 27 heavy (non-hydrogen) atoms. The van der Waals surface area contributed by atoms with E-state index in [-0.39, 0.29) is 22.0 Å². The number of carbonyl (C=O) groups excluding carboxylic acids is 3. The van der Waals surface area contributed by atoms with E-state index in [1.807, 2.05) is 0 Å². The van der Waals surface area contributed by atoms with Crippen molar-refractivity contribution in [3.63, 3.8) is 0 Å². The second-order valence-electron chi connectivity index (χ2n) is 5.60. The van der Waals surface area contributed by atoms with E-state index >= 15 is 0 Å². The van der Waals surface area contributed by atoms with Gasteiger partial charge in [0, 0.05) is 0 Å². The number of esters is 2. The van der Waals surface area contributed by atoms with Gasteiger partial charge in [0.2, 0.25) is 6.10 Å². The number of para-hydroxylation sites is 2. The summed E-state index contributed by atoms with van der Waals surface area (Å²) in [6, 6.07) is 7.00. The highest BCUT2D eigenvalue weighted by molar-refractivity contribution is 7.18. The Labute approximate surface area is 159 Å². The maximum absolute atomic E-state index is 12.6. The van der Waals surface area contributed by atoms with Crippen molar-refractivity contribution in [3.8, 4) is 11.5 Å². The number of amides is 1. The maximum atomic E-state index is 12.6. The molecular formula is C18H17NO7S. The van der Waals surface area contributed by atoms with Gasteiger partial charge in [-0.05, 0) is 24.6 Å². The second-order valence-corrected chi connectivity index (χ2v) is 6.62. The van der Waals surface area contributed by atoms with Crippen LogP contribution in [0.1, 0.15) is 25.6 Å². The molecule has 9 heteroatoms. The number of benzene rings is 1. The maximum Gasteiger partial charge on any atom is 0.348 e. The van der Waals surface area contributed by atoms with Crippen molar-refractivity contribution in [3.05, 3.63) is 40.3 Å². The van der Waals surface area contributed by atoms with Crippen LogP contribution < -0.4 is 14.8 Å². The summed E-state index contributed by atoms with van der Waals surface area (Å²) in [4.78, 5) is 36.9. The van der Waals surface area contributed by atoms with E-state index < -0.39 is 23.9 Å². The largest absolute Gasteiger partial charge is 0.485 e. The number of ether oxygens (including phenoxy) is 4. The molecule has 2 aromatic rings. The molecule has 0 unspecified atom stereocenters. The molecule has 1 aliphatic heterocycles. The first-order valence-electron chi connectivity index (χ1n) is 7.95. The van der Waals surface area contributed by atoms with Gasteiger partial charge >= 0.3 is 11.9 Å². The molecule has 1 aliphatic rings. The smallest absolute Gasteiger partial charge is 0.348 e. The molecule has 0 radical (unpaired) electrons. The number of thiophene rings is 1. The highest BCUT2D eigenvalue weighted by Gasteiger charge is 2.31. The molecular weight excluding hydrogens is 374 g/mol. The van der Waals surface area contributed by atoms with E-state index in [4.69, 9.17) is 18.9 Å². The van der Waals surface area contributed by atoms with E-state index in [9.17, 15) is 14.4 Å². The molecule has 1 aromatic heterocycles. The summed E-state index contributed by atoms with van der Waals surface area (Å²) < 4.78 is 20.7. The molecule has 1 amide bonds. The highest BCUT2D eigenvalue weighted by Crippen LogP contribution is 2.35. The number of anilines is 1. The zero-order valence-corrected chi connectivity index (χ0v) is 15.7. The number of carbonyl (C=O) groups is 3. The Bertz CT molecular complexity index is 905. The molecule has 0 bridgehead atoms. The predicted molar refractivity (Wildman–Crippen MR) is 96.7 cm³/mol. The first kappa shape index (κ1) is 18.7. The fourth-order valence-corrected chi connectivity index (χ4v) is 3.69. The van der Waals surface area contributed by atoms with E-state index in [0.29, 0.717) is 17.1 Å². The summed E-state index contributed by atoms with van der Waals surface area (Å²) in [7, 11) is 2.46. The predicted octanol–water partition coefficient (Wildman–Crippen LogP) is 2.41. The Morgan fingerprint density at radius 2 is 1.78 bits per heavy atom. The number of nitrogens with one attached hydrogen (secondary N) is 1. The van der Waals surface area contributed by atoms with E-state index in [1.54, 1.807) is 31.2 Å². The summed E-state index contributed by atoms with van der Waals surface area (Å²) in [6.07, 6.45) is -0.908. The monoisotopic (exact) mass is 391 g/mol. The summed E-state index contributed by atoms with van der Waals surface area (Å²) in [5.41, 5.74) is 0.480. The van der Waals surface area contributed by atoms with E-state index in [1.165, 1.54) is 14.2 Å². The lowest BCUT2D eigenvalue weighted by atomic mass is 10.1. The van der Waals surface area contributed by atoms with Crippen molar-refractivity contribution in [2.45, 2.75) is 13.0 Å². The van der Waals surface area contributed by atoms with Crippen LogP contribution in [-0.2, 0) is 14.3 Å². The van der Waals surface area contributed by atoms with Crippen molar-refractivity contribution >= 4 is 34.2 Å². The van der Waals surface area contributed by atoms with Crippen LogP contribution in [0.2, 0.25) is 0 Å². The van der Waals surface area contributed by atoms with Crippen molar-refractivity contribution in [1.29, 1.82) is 0 Å². The van der Waals surface area contributed by atoms with Gasteiger partial charge in [-0.2, -0.15) is 0 Å². The first-order valence-corrected chi connectivity index (χ1v) is 8.77. The summed E-state index contributed by atoms with van der Waals surface area (Å²) in [5.74, 6) is -0.770. The summed E-state index contributed by atoms with van der Waals surface area (Å²) in [6.45, 7) is 1.60. The van der Waals surface area contributed by atoms with Gasteiger partial charge < -0.3 is 24.3 Å².